The van der Waals surface area contributed by atoms with E-state index in [-0.39, 0.29) is 29.8 Å². The molecule has 1 aliphatic carbocycles. The molecule has 4 rings (SSSR count). The zero-order chi connectivity index (χ0) is 25.9. The Hall–Kier alpha value is -3.02. The lowest BCUT2D eigenvalue weighted by Crippen LogP contribution is -2.20. The molecule has 0 aliphatic heterocycles. The molecule has 5 nitrogen and oxygen atoms in total. The van der Waals surface area contributed by atoms with Gasteiger partial charge >= 0.3 is 0 Å². The van der Waals surface area contributed by atoms with Crippen molar-refractivity contribution in [3.63, 3.8) is 0 Å². The SMILES string of the molecule is COc1ccc(/C=N/NC(=O)[C@@H]2C[C@H]2c2ccc(C(C)(C)C)cc2)cc1COc1cccc(Cl)c1Cl. The molecule has 0 unspecified atom stereocenters. The number of hydrazone groups is 1. The molecule has 188 valence electrons. The molecule has 1 fully saturated rings. The van der Waals surface area contributed by atoms with Gasteiger partial charge in [-0.3, -0.25) is 4.79 Å². The number of hydrogen-bond donors (Lipinski definition) is 1. The van der Waals surface area contributed by atoms with Crippen LogP contribution in [0.1, 0.15) is 55.4 Å². The summed E-state index contributed by atoms with van der Waals surface area (Å²) in [5.41, 5.74) is 6.90. The van der Waals surface area contributed by atoms with Crippen LogP contribution in [-0.2, 0) is 16.8 Å². The summed E-state index contributed by atoms with van der Waals surface area (Å²) in [4.78, 5) is 12.6. The molecule has 3 aromatic rings. The van der Waals surface area contributed by atoms with Gasteiger partial charge in [-0.25, -0.2) is 5.43 Å². The van der Waals surface area contributed by atoms with Crippen LogP contribution in [0, 0.1) is 5.92 Å². The number of benzene rings is 3. The predicted molar refractivity (Wildman–Crippen MR) is 146 cm³/mol. The molecule has 1 aliphatic rings. The van der Waals surface area contributed by atoms with Gasteiger partial charge < -0.3 is 9.47 Å². The van der Waals surface area contributed by atoms with Crippen LogP contribution in [0.4, 0.5) is 0 Å². The maximum atomic E-state index is 12.6. The summed E-state index contributed by atoms with van der Waals surface area (Å²) >= 11 is 12.3. The van der Waals surface area contributed by atoms with Crippen LogP contribution < -0.4 is 14.9 Å². The molecule has 0 saturated heterocycles. The first-order valence-electron chi connectivity index (χ1n) is 11.8. The number of carbonyl (C=O) groups excluding carboxylic acids is 1. The van der Waals surface area contributed by atoms with Crippen molar-refractivity contribution in [2.24, 2.45) is 11.0 Å². The first kappa shape index (κ1) is 26.1. The predicted octanol–water partition coefficient (Wildman–Crippen LogP) is 7.13. The molecular weight excluding hydrogens is 495 g/mol. The summed E-state index contributed by atoms with van der Waals surface area (Å²) in [5.74, 6) is 1.29. The number of carbonyl (C=O) groups is 1. The average Bonchev–Trinajstić information content (AvgIpc) is 3.66. The largest absolute Gasteiger partial charge is 0.496 e. The number of ether oxygens (including phenoxy) is 2. The van der Waals surface area contributed by atoms with Crippen LogP contribution in [-0.4, -0.2) is 19.2 Å². The van der Waals surface area contributed by atoms with Crippen molar-refractivity contribution in [2.45, 2.75) is 45.1 Å². The Morgan fingerprint density at radius 2 is 1.83 bits per heavy atom. The summed E-state index contributed by atoms with van der Waals surface area (Å²) in [6, 6.07) is 19.4. The van der Waals surface area contributed by atoms with Crippen molar-refractivity contribution in [1.82, 2.24) is 5.43 Å². The first-order valence-corrected chi connectivity index (χ1v) is 12.6. The molecule has 0 radical (unpaired) electrons. The number of methoxy groups -OCH3 is 1. The van der Waals surface area contributed by atoms with Crippen molar-refractivity contribution in [2.75, 3.05) is 7.11 Å². The molecule has 7 heteroatoms. The lowest BCUT2D eigenvalue weighted by molar-refractivity contribution is -0.122. The number of rotatable bonds is 8. The van der Waals surface area contributed by atoms with Crippen molar-refractivity contribution < 1.29 is 14.3 Å². The van der Waals surface area contributed by atoms with Gasteiger partial charge in [-0.05, 0) is 64.8 Å². The fourth-order valence-electron chi connectivity index (χ4n) is 4.08. The van der Waals surface area contributed by atoms with E-state index in [9.17, 15) is 4.79 Å². The third-order valence-electron chi connectivity index (χ3n) is 6.32. The number of nitrogens with one attached hydrogen (secondary N) is 1. The standard InChI is InChI=1S/C29H30Cl2N2O3/c1-29(2,3)21-11-9-19(10-12-21)22-15-23(22)28(34)33-32-16-18-8-13-25(35-4)20(14-18)17-36-26-7-5-6-24(30)27(26)31/h5-14,16,22-23H,15,17H2,1-4H3,(H,33,34)/b32-16+/t22-,23+/m0/s1. The van der Waals surface area contributed by atoms with Crippen molar-refractivity contribution in [1.29, 1.82) is 0 Å². The van der Waals surface area contributed by atoms with Gasteiger partial charge in [-0.15, -0.1) is 0 Å². The Morgan fingerprint density at radius 3 is 2.53 bits per heavy atom. The van der Waals surface area contributed by atoms with Gasteiger partial charge in [0.05, 0.1) is 18.3 Å². The van der Waals surface area contributed by atoms with E-state index in [2.05, 4.69) is 55.6 Å². The Balaban J connectivity index is 1.35. The number of halogens is 2. The molecule has 1 saturated carbocycles. The Bertz CT molecular complexity index is 1270. The van der Waals surface area contributed by atoms with E-state index < -0.39 is 0 Å². The van der Waals surface area contributed by atoms with E-state index in [4.69, 9.17) is 32.7 Å². The van der Waals surface area contributed by atoms with E-state index in [1.165, 1.54) is 11.1 Å². The monoisotopic (exact) mass is 524 g/mol. The summed E-state index contributed by atoms with van der Waals surface area (Å²) in [5, 5.41) is 4.96. The van der Waals surface area contributed by atoms with Gasteiger partial charge in [0.1, 0.15) is 23.1 Å². The van der Waals surface area contributed by atoms with Crippen LogP contribution in [0.2, 0.25) is 10.0 Å². The molecule has 0 aromatic heterocycles. The van der Waals surface area contributed by atoms with Gasteiger partial charge in [0.25, 0.3) is 0 Å². The Labute approximate surface area is 222 Å². The average molecular weight is 525 g/mol. The topological polar surface area (TPSA) is 59.9 Å². The second-order valence-electron chi connectivity index (χ2n) is 9.97. The van der Waals surface area contributed by atoms with E-state index in [0.29, 0.717) is 21.5 Å². The number of nitrogens with zero attached hydrogens (tertiary/aromatic N) is 1. The second-order valence-corrected chi connectivity index (χ2v) is 10.8. The highest BCUT2D eigenvalue weighted by Gasteiger charge is 2.44. The van der Waals surface area contributed by atoms with Gasteiger partial charge in [0.2, 0.25) is 5.91 Å². The number of hydrogen-bond acceptors (Lipinski definition) is 4. The highest BCUT2D eigenvalue weighted by Crippen LogP contribution is 2.47. The number of amides is 1. The van der Waals surface area contributed by atoms with Crippen LogP contribution >= 0.6 is 23.2 Å². The highest BCUT2D eigenvalue weighted by atomic mass is 35.5. The third-order valence-corrected chi connectivity index (χ3v) is 7.13. The summed E-state index contributed by atoms with van der Waals surface area (Å²) in [6.07, 6.45) is 2.45. The maximum absolute atomic E-state index is 12.6. The van der Waals surface area contributed by atoms with Gasteiger partial charge in [-0.2, -0.15) is 5.10 Å². The van der Waals surface area contributed by atoms with Crippen molar-refractivity contribution in [3.8, 4) is 11.5 Å². The highest BCUT2D eigenvalue weighted by molar-refractivity contribution is 6.42. The van der Waals surface area contributed by atoms with E-state index in [1.807, 2.05) is 18.2 Å². The summed E-state index contributed by atoms with van der Waals surface area (Å²) < 4.78 is 11.3. The van der Waals surface area contributed by atoms with Gasteiger partial charge in [0, 0.05) is 11.5 Å². The summed E-state index contributed by atoms with van der Waals surface area (Å²) in [6.45, 7) is 6.82. The molecule has 2 atom stereocenters. The second kappa shape index (κ2) is 10.9. The van der Waals surface area contributed by atoms with Gasteiger partial charge in [0.15, 0.2) is 0 Å². The minimum Gasteiger partial charge on any atom is -0.496 e. The molecule has 3 aromatic carbocycles. The zero-order valence-electron chi connectivity index (χ0n) is 20.8. The van der Waals surface area contributed by atoms with Crippen LogP contribution in [0.15, 0.2) is 65.8 Å². The lowest BCUT2D eigenvalue weighted by Gasteiger charge is -2.19. The third kappa shape index (κ3) is 6.21. The lowest BCUT2D eigenvalue weighted by atomic mass is 9.86. The van der Waals surface area contributed by atoms with E-state index >= 15 is 0 Å². The minimum absolute atomic E-state index is 0.0510. The Kier molecular flexibility index (Phi) is 7.91. The molecule has 1 N–H and O–H groups in total. The zero-order valence-corrected chi connectivity index (χ0v) is 22.4. The molecular formula is C29H30Cl2N2O3. The normalized spacial score (nSPS) is 17.2. The van der Waals surface area contributed by atoms with Gasteiger partial charge in [-0.1, -0.05) is 74.3 Å². The van der Waals surface area contributed by atoms with Crippen LogP contribution in [0.5, 0.6) is 11.5 Å². The molecule has 1 amide bonds. The minimum atomic E-state index is -0.0659. The van der Waals surface area contributed by atoms with E-state index in [1.54, 1.807) is 31.5 Å². The van der Waals surface area contributed by atoms with Crippen LogP contribution in [0.25, 0.3) is 0 Å². The fourth-order valence-corrected chi connectivity index (χ4v) is 4.43. The molecule has 0 heterocycles. The smallest absolute Gasteiger partial charge is 0.243 e. The van der Waals surface area contributed by atoms with Crippen molar-refractivity contribution in [3.05, 3.63) is 93.0 Å². The summed E-state index contributed by atoms with van der Waals surface area (Å²) in [7, 11) is 1.60. The van der Waals surface area contributed by atoms with Crippen molar-refractivity contribution >= 4 is 35.3 Å². The maximum Gasteiger partial charge on any atom is 0.243 e. The quantitative estimate of drug-likeness (QED) is 0.251. The Morgan fingerprint density at radius 1 is 1.08 bits per heavy atom. The fraction of sp³-hybridized carbons (Fsp3) is 0.310. The molecule has 0 bridgehead atoms. The van der Waals surface area contributed by atoms with Crippen LogP contribution in [0.3, 0.4) is 0 Å². The molecule has 0 spiro atoms. The molecule has 36 heavy (non-hydrogen) atoms. The first-order chi connectivity index (χ1) is 17.2. The van der Waals surface area contributed by atoms with E-state index in [0.717, 1.165) is 17.5 Å².